The summed E-state index contributed by atoms with van der Waals surface area (Å²) in [6.07, 6.45) is 0. The normalized spacial score (nSPS) is 11.6. The van der Waals surface area contributed by atoms with E-state index in [1.54, 1.807) is 13.0 Å². The second kappa shape index (κ2) is 7.56. The third-order valence-electron chi connectivity index (χ3n) is 4.07. The van der Waals surface area contributed by atoms with Gasteiger partial charge < -0.3 is 9.09 Å². The lowest BCUT2D eigenvalue weighted by Crippen LogP contribution is -2.14. The van der Waals surface area contributed by atoms with Crippen LogP contribution in [0.4, 0.5) is 5.88 Å². The third kappa shape index (κ3) is 4.57. The average molecular weight is 385 g/mol. The van der Waals surface area contributed by atoms with E-state index in [0.29, 0.717) is 16.7 Å². The molecule has 7 nitrogen and oxygen atoms in total. The van der Waals surface area contributed by atoms with E-state index < -0.39 is 0 Å². The van der Waals surface area contributed by atoms with E-state index in [2.05, 4.69) is 65.7 Å². The zero-order valence-corrected chi connectivity index (χ0v) is 16.9. The molecule has 0 atom stereocenters. The molecule has 0 radical (unpaired) electrons. The largest absolute Gasteiger partial charge is 0.338 e. The number of thioether (sulfide) groups is 1. The molecular weight excluding hydrogens is 362 g/mol. The summed E-state index contributed by atoms with van der Waals surface area (Å²) in [6, 6.07) is 10.0. The van der Waals surface area contributed by atoms with Crippen molar-refractivity contribution >= 4 is 23.6 Å². The number of amides is 1. The van der Waals surface area contributed by atoms with Crippen molar-refractivity contribution < 1.29 is 9.32 Å². The number of aryl methyl sites for hydroxylation is 1. The van der Waals surface area contributed by atoms with Crippen molar-refractivity contribution in [1.82, 2.24) is 19.9 Å². The van der Waals surface area contributed by atoms with Gasteiger partial charge in [-0.2, -0.15) is 0 Å². The molecular formula is C19H23N5O2S. The molecule has 0 bridgehead atoms. The topological polar surface area (TPSA) is 85.8 Å². The van der Waals surface area contributed by atoms with Crippen molar-refractivity contribution in [3.63, 3.8) is 0 Å². The first kappa shape index (κ1) is 19.2. The number of carbonyl (C=O) groups excluding carboxylic acids is 1. The van der Waals surface area contributed by atoms with Crippen LogP contribution in [0, 0.1) is 6.92 Å². The van der Waals surface area contributed by atoms with Gasteiger partial charge in [0.15, 0.2) is 11.0 Å². The summed E-state index contributed by atoms with van der Waals surface area (Å²) in [5.74, 6) is 1.13. The zero-order chi connectivity index (χ0) is 19.6. The van der Waals surface area contributed by atoms with Gasteiger partial charge in [-0.3, -0.25) is 10.1 Å². The van der Waals surface area contributed by atoms with Crippen LogP contribution >= 0.6 is 11.8 Å². The lowest BCUT2D eigenvalue weighted by Gasteiger charge is -2.19. The Morgan fingerprint density at radius 3 is 2.52 bits per heavy atom. The molecule has 0 fully saturated rings. The second-order valence-corrected chi connectivity index (χ2v) is 8.30. The molecule has 0 spiro atoms. The molecule has 1 amide bonds. The second-order valence-electron chi connectivity index (χ2n) is 7.36. The molecule has 142 valence electrons. The van der Waals surface area contributed by atoms with Crippen LogP contribution in [0.5, 0.6) is 0 Å². The van der Waals surface area contributed by atoms with Gasteiger partial charge in [0.2, 0.25) is 11.8 Å². The molecule has 0 saturated carbocycles. The quantitative estimate of drug-likeness (QED) is 0.672. The molecule has 0 unspecified atom stereocenters. The van der Waals surface area contributed by atoms with E-state index in [4.69, 9.17) is 4.52 Å². The van der Waals surface area contributed by atoms with Gasteiger partial charge in [-0.25, -0.2) is 0 Å². The van der Waals surface area contributed by atoms with Crippen molar-refractivity contribution in [3.8, 4) is 11.4 Å². The first-order valence-corrected chi connectivity index (χ1v) is 9.59. The Kier molecular flexibility index (Phi) is 5.36. The summed E-state index contributed by atoms with van der Waals surface area (Å²) in [4.78, 5) is 12.0. The predicted octanol–water partition coefficient (Wildman–Crippen LogP) is 3.81. The predicted molar refractivity (Wildman–Crippen MR) is 106 cm³/mol. The van der Waals surface area contributed by atoms with Crippen molar-refractivity contribution in [2.45, 2.75) is 38.3 Å². The minimum atomic E-state index is -0.185. The lowest BCUT2D eigenvalue weighted by atomic mass is 9.87. The van der Waals surface area contributed by atoms with Gasteiger partial charge in [0.25, 0.3) is 0 Å². The molecule has 0 aliphatic heterocycles. The first-order chi connectivity index (χ1) is 12.7. The highest BCUT2D eigenvalue weighted by atomic mass is 32.2. The monoisotopic (exact) mass is 385 g/mol. The Bertz CT molecular complexity index is 938. The van der Waals surface area contributed by atoms with Crippen LogP contribution in [-0.2, 0) is 17.3 Å². The highest BCUT2D eigenvalue weighted by molar-refractivity contribution is 7.99. The van der Waals surface area contributed by atoms with Crippen molar-refractivity contribution in [2.75, 3.05) is 11.1 Å². The van der Waals surface area contributed by atoms with Crippen LogP contribution in [0.3, 0.4) is 0 Å². The summed E-state index contributed by atoms with van der Waals surface area (Å²) in [5.41, 5.74) is 3.08. The smallest absolute Gasteiger partial charge is 0.237 e. The molecule has 1 aromatic carbocycles. The fourth-order valence-corrected chi connectivity index (χ4v) is 3.25. The summed E-state index contributed by atoms with van der Waals surface area (Å²) in [5, 5.41) is 15.6. The van der Waals surface area contributed by atoms with Crippen molar-refractivity contribution in [3.05, 3.63) is 41.6 Å². The van der Waals surface area contributed by atoms with Crippen molar-refractivity contribution in [2.24, 2.45) is 7.05 Å². The Morgan fingerprint density at radius 2 is 1.93 bits per heavy atom. The maximum atomic E-state index is 12.0. The van der Waals surface area contributed by atoms with Crippen LogP contribution in [-0.4, -0.2) is 31.6 Å². The molecule has 0 aliphatic rings. The van der Waals surface area contributed by atoms with Gasteiger partial charge in [0.1, 0.15) is 0 Å². The fraction of sp³-hybridized carbons (Fsp3) is 0.368. The standard InChI is InChI=1S/C19H23N5O2S/c1-12-10-16(26-23-12)20-15(25)11-27-18-22-21-17(24(18)5)13-6-8-14(9-7-13)19(2,3)4/h6-10H,11H2,1-5H3,(H,20,25). The number of rotatable bonds is 5. The number of aromatic nitrogens is 4. The number of carbonyl (C=O) groups is 1. The van der Waals surface area contributed by atoms with Crippen LogP contribution < -0.4 is 5.32 Å². The van der Waals surface area contributed by atoms with E-state index in [1.807, 2.05) is 11.6 Å². The summed E-state index contributed by atoms with van der Waals surface area (Å²) in [6.45, 7) is 8.35. The summed E-state index contributed by atoms with van der Waals surface area (Å²) in [7, 11) is 1.90. The van der Waals surface area contributed by atoms with E-state index in [1.165, 1.54) is 17.3 Å². The minimum absolute atomic E-state index is 0.106. The lowest BCUT2D eigenvalue weighted by molar-refractivity contribution is -0.113. The molecule has 2 heterocycles. The minimum Gasteiger partial charge on any atom is -0.338 e. The highest BCUT2D eigenvalue weighted by Gasteiger charge is 2.16. The van der Waals surface area contributed by atoms with Gasteiger partial charge in [0.05, 0.1) is 11.4 Å². The number of nitrogens with zero attached hydrogens (tertiary/aromatic N) is 4. The van der Waals surface area contributed by atoms with Gasteiger partial charge >= 0.3 is 0 Å². The van der Waals surface area contributed by atoms with Crippen LogP contribution in [0.1, 0.15) is 32.0 Å². The van der Waals surface area contributed by atoms with E-state index in [-0.39, 0.29) is 17.1 Å². The Morgan fingerprint density at radius 1 is 1.22 bits per heavy atom. The third-order valence-corrected chi connectivity index (χ3v) is 5.09. The van der Waals surface area contributed by atoms with Crippen LogP contribution in [0.15, 0.2) is 40.0 Å². The van der Waals surface area contributed by atoms with E-state index in [9.17, 15) is 4.79 Å². The molecule has 0 aliphatic carbocycles. The zero-order valence-electron chi connectivity index (χ0n) is 16.1. The summed E-state index contributed by atoms with van der Waals surface area (Å²) < 4.78 is 6.87. The molecule has 3 aromatic rings. The average Bonchev–Trinajstić information content (AvgIpc) is 3.18. The SMILES string of the molecule is Cc1cc(NC(=O)CSc2nnc(-c3ccc(C(C)(C)C)cc3)n2C)on1. The molecule has 1 N–H and O–H groups in total. The Balaban J connectivity index is 1.65. The van der Waals surface area contributed by atoms with Crippen molar-refractivity contribution in [1.29, 1.82) is 0 Å². The highest BCUT2D eigenvalue weighted by Crippen LogP contribution is 2.27. The Labute approximate surface area is 162 Å². The molecule has 0 saturated heterocycles. The van der Waals surface area contributed by atoms with E-state index >= 15 is 0 Å². The van der Waals surface area contributed by atoms with Gasteiger partial charge in [-0.05, 0) is 17.9 Å². The van der Waals surface area contributed by atoms with Gasteiger partial charge in [0, 0.05) is 18.7 Å². The van der Waals surface area contributed by atoms with Gasteiger partial charge in [-0.1, -0.05) is 62.0 Å². The number of hydrogen-bond donors (Lipinski definition) is 1. The number of anilines is 1. The number of benzene rings is 1. The molecule has 8 heteroatoms. The maximum Gasteiger partial charge on any atom is 0.237 e. The molecule has 2 aromatic heterocycles. The maximum absolute atomic E-state index is 12.0. The molecule has 27 heavy (non-hydrogen) atoms. The number of hydrogen-bond acceptors (Lipinski definition) is 6. The van der Waals surface area contributed by atoms with Gasteiger partial charge in [-0.15, -0.1) is 10.2 Å². The molecule has 3 rings (SSSR count). The summed E-state index contributed by atoms with van der Waals surface area (Å²) >= 11 is 1.32. The van der Waals surface area contributed by atoms with Crippen LogP contribution in [0.2, 0.25) is 0 Å². The van der Waals surface area contributed by atoms with Crippen LogP contribution in [0.25, 0.3) is 11.4 Å². The first-order valence-electron chi connectivity index (χ1n) is 8.60. The van der Waals surface area contributed by atoms with E-state index in [0.717, 1.165) is 11.4 Å². The number of nitrogens with one attached hydrogen (secondary N) is 1. The Hall–Kier alpha value is -2.61. The fourth-order valence-electron chi connectivity index (χ4n) is 2.54.